The molecule has 0 atom stereocenters. The van der Waals surface area contributed by atoms with Crippen molar-refractivity contribution in [3.8, 4) is 0 Å². The lowest BCUT2D eigenvalue weighted by Crippen LogP contribution is -2.36. The molecule has 3 aromatic carbocycles. The van der Waals surface area contributed by atoms with E-state index in [0.717, 1.165) is 17.1 Å². The van der Waals surface area contributed by atoms with Crippen LogP contribution >= 0.6 is 0 Å². The van der Waals surface area contributed by atoms with Crippen LogP contribution in [0.25, 0.3) is 0 Å². The molecule has 2 amide bonds. The number of urea groups is 1. The molecule has 1 heterocycles. The Morgan fingerprint density at radius 1 is 0.800 bits per heavy atom. The van der Waals surface area contributed by atoms with Gasteiger partial charge in [0.1, 0.15) is 0 Å². The largest absolute Gasteiger partial charge is 0.408 e. The standard InChI is InChI=1S/C23H21N5O2/c29-23(25-19-12-6-2-7-13-19)28(20-14-8-3-9-15-20)17-16-21-26-27-22(30-21)24-18-10-4-1-5-11-18/h1-15H,16-17H2,(H,24,27)(H,25,29). The van der Waals surface area contributed by atoms with Crippen LogP contribution in [0.3, 0.4) is 0 Å². The van der Waals surface area contributed by atoms with Crippen molar-refractivity contribution in [3.05, 3.63) is 96.9 Å². The number of hydrogen-bond acceptors (Lipinski definition) is 5. The minimum Gasteiger partial charge on any atom is -0.408 e. The summed E-state index contributed by atoms with van der Waals surface area (Å²) in [6.45, 7) is 0.385. The van der Waals surface area contributed by atoms with Gasteiger partial charge in [-0.1, -0.05) is 59.7 Å². The van der Waals surface area contributed by atoms with Crippen molar-refractivity contribution in [1.29, 1.82) is 0 Å². The Bertz CT molecular complexity index is 1070. The molecule has 0 aliphatic carbocycles. The van der Waals surface area contributed by atoms with Crippen LogP contribution in [0.15, 0.2) is 95.4 Å². The lowest BCUT2D eigenvalue weighted by atomic mass is 10.2. The molecule has 0 bridgehead atoms. The molecule has 4 aromatic rings. The second kappa shape index (κ2) is 9.38. The normalized spacial score (nSPS) is 10.4. The molecule has 150 valence electrons. The molecule has 4 rings (SSSR count). The molecule has 0 aliphatic heterocycles. The Morgan fingerprint density at radius 3 is 2.07 bits per heavy atom. The molecule has 1 aromatic heterocycles. The van der Waals surface area contributed by atoms with Crippen LogP contribution in [0.5, 0.6) is 0 Å². The number of hydrogen-bond donors (Lipinski definition) is 2. The minimum absolute atomic E-state index is 0.227. The fourth-order valence-electron chi connectivity index (χ4n) is 2.93. The fourth-order valence-corrected chi connectivity index (χ4v) is 2.93. The summed E-state index contributed by atoms with van der Waals surface area (Å²) in [6, 6.07) is 28.5. The maximum atomic E-state index is 12.9. The van der Waals surface area contributed by atoms with Crippen molar-refractivity contribution in [2.45, 2.75) is 6.42 Å². The number of para-hydroxylation sites is 3. The van der Waals surface area contributed by atoms with Crippen LogP contribution in [0, 0.1) is 0 Å². The van der Waals surface area contributed by atoms with Crippen molar-refractivity contribution in [2.24, 2.45) is 0 Å². The molecule has 0 spiro atoms. The van der Waals surface area contributed by atoms with Crippen molar-refractivity contribution in [3.63, 3.8) is 0 Å². The zero-order valence-electron chi connectivity index (χ0n) is 16.2. The predicted molar refractivity (Wildman–Crippen MR) is 117 cm³/mol. The minimum atomic E-state index is -0.227. The van der Waals surface area contributed by atoms with E-state index in [9.17, 15) is 4.79 Å². The number of carbonyl (C=O) groups excluding carboxylic acids is 1. The van der Waals surface area contributed by atoms with E-state index < -0.39 is 0 Å². The number of rotatable bonds is 7. The second-order valence-corrected chi connectivity index (χ2v) is 6.53. The first-order valence-electron chi connectivity index (χ1n) is 9.61. The smallest absolute Gasteiger partial charge is 0.326 e. The predicted octanol–water partition coefficient (Wildman–Crippen LogP) is 5.09. The number of nitrogens with one attached hydrogen (secondary N) is 2. The van der Waals surface area contributed by atoms with E-state index in [1.165, 1.54) is 0 Å². The Balaban J connectivity index is 1.44. The first-order valence-corrected chi connectivity index (χ1v) is 9.61. The van der Waals surface area contributed by atoms with Gasteiger partial charge in [0, 0.05) is 30.0 Å². The van der Waals surface area contributed by atoms with Gasteiger partial charge >= 0.3 is 12.0 Å². The van der Waals surface area contributed by atoms with Crippen LogP contribution in [0.4, 0.5) is 27.9 Å². The average molecular weight is 399 g/mol. The third-order valence-corrected chi connectivity index (χ3v) is 4.38. The van der Waals surface area contributed by atoms with Crippen LogP contribution in [-0.2, 0) is 6.42 Å². The lowest BCUT2D eigenvalue weighted by molar-refractivity contribution is 0.257. The van der Waals surface area contributed by atoms with Gasteiger partial charge in [-0.15, -0.1) is 5.10 Å². The summed E-state index contributed by atoms with van der Waals surface area (Å²) in [7, 11) is 0. The number of amides is 2. The monoisotopic (exact) mass is 399 g/mol. The highest BCUT2D eigenvalue weighted by Gasteiger charge is 2.17. The van der Waals surface area contributed by atoms with Crippen LogP contribution in [0.1, 0.15) is 5.89 Å². The number of anilines is 4. The van der Waals surface area contributed by atoms with Crippen LogP contribution in [-0.4, -0.2) is 22.8 Å². The van der Waals surface area contributed by atoms with Crippen molar-refractivity contribution in [1.82, 2.24) is 10.2 Å². The van der Waals surface area contributed by atoms with Crippen LogP contribution in [0.2, 0.25) is 0 Å². The van der Waals surface area contributed by atoms with E-state index in [1.54, 1.807) is 4.90 Å². The average Bonchev–Trinajstić information content (AvgIpc) is 3.23. The van der Waals surface area contributed by atoms with Gasteiger partial charge in [-0.05, 0) is 36.4 Å². The maximum Gasteiger partial charge on any atom is 0.326 e. The summed E-state index contributed by atoms with van der Waals surface area (Å²) >= 11 is 0. The van der Waals surface area contributed by atoms with Gasteiger partial charge in [-0.2, -0.15) is 0 Å². The molecule has 0 unspecified atom stereocenters. The van der Waals surface area contributed by atoms with E-state index in [-0.39, 0.29) is 6.03 Å². The second-order valence-electron chi connectivity index (χ2n) is 6.53. The highest BCUT2D eigenvalue weighted by atomic mass is 16.4. The Morgan fingerprint density at radius 2 is 1.40 bits per heavy atom. The number of benzene rings is 3. The van der Waals surface area contributed by atoms with Gasteiger partial charge in [0.05, 0.1) is 0 Å². The fraction of sp³-hybridized carbons (Fsp3) is 0.0870. The van der Waals surface area contributed by atoms with E-state index in [4.69, 9.17) is 4.42 Å². The molecule has 0 saturated carbocycles. The summed E-state index contributed by atoms with van der Waals surface area (Å²) in [6.07, 6.45) is 0.417. The van der Waals surface area contributed by atoms with Crippen molar-refractivity contribution < 1.29 is 9.21 Å². The quantitative estimate of drug-likeness (QED) is 0.452. The molecule has 7 nitrogen and oxygen atoms in total. The first-order chi connectivity index (χ1) is 14.8. The summed E-state index contributed by atoms with van der Waals surface area (Å²) in [5.41, 5.74) is 2.38. The third kappa shape index (κ3) is 5.02. The van der Waals surface area contributed by atoms with Gasteiger partial charge < -0.3 is 15.1 Å². The molecular formula is C23H21N5O2. The summed E-state index contributed by atoms with van der Waals surface area (Å²) in [4.78, 5) is 14.6. The number of aromatic nitrogens is 2. The summed E-state index contributed by atoms with van der Waals surface area (Å²) in [5, 5.41) is 14.1. The molecule has 0 radical (unpaired) electrons. The van der Waals surface area contributed by atoms with E-state index >= 15 is 0 Å². The third-order valence-electron chi connectivity index (χ3n) is 4.38. The first kappa shape index (κ1) is 19.2. The molecule has 30 heavy (non-hydrogen) atoms. The molecular weight excluding hydrogens is 378 g/mol. The Labute approximate surface area is 174 Å². The van der Waals surface area contributed by atoms with Crippen LogP contribution < -0.4 is 15.5 Å². The summed E-state index contributed by atoms with van der Waals surface area (Å²) in [5.74, 6) is 0.446. The van der Waals surface area contributed by atoms with Gasteiger partial charge in [0.15, 0.2) is 0 Å². The van der Waals surface area contributed by atoms with Gasteiger partial charge in [0.25, 0.3) is 0 Å². The zero-order chi connectivity index (χ0) is 20.6. The van der Waals surface area contributed by atoms with E-state index in [2.05, 4.69) is 20.8 Å². The van der Waals surface area contributed by atoms with Crippen molar-refractivity contribution in [2.75, 3.05) is 22.1 Å². The van der Waals surface area contributed by atoms with Gasteiger partial charge in [0.2, 0.25) is 5.89 Å². The topological polar surface area (TPSA) is 83.3 Å². The highest BCUT2D eigenvalue weighted by molar-refractivity contribution is 6.01. The molecule has 0 saturated heterocycles. The Hall–Kier alpha value is -4.13. The molecule has 0 fully saturated rings. The molecule has 0 aliphatic rings. The lowest BCUT2D eigenvalue weighted by Gasteiger charge is -2.22. The molecule has 2 N–H and O–H groups in total. The number of carbonyl (C=O) groups is 1. The van der Waals surface area contributed by atoms with E-state index in [1.807, 2.05) is 91.0 Å². The highest BCUT2D eigenvalue weighted by Crippen LogP contribution is 2.18. The van der Waals surface area contributed by atoms with Crippen molar-refractivity contribution >= 4 is 29.1 Å². The zero-order valence-corrected chi connectivity index (χ0v) is 16.2. The van der Waals surface area contributed by atoms with E-state index in [0.29, 0.717) is 24.9 Å². The summed E-state index contributed by atoms with van der Waals surface area (Å²) < 4.78 is 5.68. The van der Waals surface area contributed by atoms with Gasteiger partial charge in [-0.3, -0.25) is 4.90 Å². The molecule has 7 heteroatoms. The number of nitrogens with zero attached hydrogens (tertiary/aromatic N) is 3. The maximum absolute atomic E-state index is 12.9. The Kier molecular flexibility index (Phi) is 6.00. The van der Waals surface area contributed by atoms with Gasteiger partial charge in [-0.25, -0.2) is 4.79 Å². The SMILES string of the molecule is O=C(Nc1ccccc1)N(CCc1nnc(Nc2ccccc2)o1)c1ccccc1.